The van der Waals surface area contributed by atoms with Gasteiger partial charge in [-0.2, -0.15) is 0 Å². The number of Topliss-reactive ketones (excluding diaryl/α,β-unsaturated/α-hetero) is 2. The summed E-state index contributed by atoms with van der Waals surface area (Å²) in [6, 6.07) is 24.6. The summed E-state index contributed by atoms with van der Waals surface area (Å²) in [5, 5.41) is 8.85. The Morgan fingerprint density at radius 1 is 0.697 bits per heavy atom. The first-order chi connectivity index (χ1) is 16.1. The van der Waals surface area contributed by atoms with Crippen molar-refractivity contribution in [2.75, 3.05) is 11.5 Å². The fourth-order valence-corrected chi connectivity index (χ4v) is 6.48. The first kappa shape index (κ1) is 24.0. The molecular formula is C24H17ClN2O2S4. The monoisotopic (exact) mass is 528 g/mol. The Balaban J connectivity index is 1.25. The van der Waals surface area contributed by atoms with E-state index in [9.17, 15) is 9.59 Å². The van der Waals surface area contributed by atoms with E-state index >= 15 is 0 Å². The van der Waals surface area contributed by atoms with Crippen LogP contribution in [0.25, 0.3) is 0 Å². The largest absolute Gasteiger partial charge is 0.293 e. The molecule has 0 aliphatic rings. The molecule has 4 aromatic rings. The van der Waals surface area contributed by atoms with Crippen molar-refractivity contribution in [1.29, 1.82) is 0 Å². The minimum absolute atomic E-state index is 0.00474. The van der Waals surface area contributed by atoms with Crippen molar-refractivity contribution in [2.45, 2.75) is 18.5 Å². The van der Waals surface area contributed by atoms with Crippen LogP contribution in [0.2, 0.25) is 5.02 Å². The molecular weight excluding hydrogens is 512 g/mol. The van der Waals surface area contributed by atoms with E-state index < -0.39 is 0 Å². The third kappa shape index (κ3) is 7.19. The van der Waals surface area contributed by atoms with Gasteiger partial charge in [0, 0.05) is 25.9 Å². The average Bonchev–Trinajstić information content (AvgIpc) is 3.30. The molecule has 0 aliphatic heterocycles. The molecule has 0 atom stereocenters. The molecule has 9 heteroatoms. The van der Waals surface area contributed by atoms with Crippen LogP contribution in [0.15, 0.2) is 97.3 Å². The van der Waals surface area contributed by atoms with Crippen LogP contribution in [0, 0.1) is 0 Å². The fourth-order valence-electron chi connectivity index (χ4n) is 2.70. The Kier molecular flexibility index (Phi) is 8.63. The van der Waals surface area contributed by atoms with Gasteiger partial charge in [-0.05, 0) is 48.5 Å². The molecule has 0 amide bonds. The summed E-state index contributed by atoms with van der Waals surface area (Å²) in [6.07, 6.45) is 0. The molecule has 0 saturated carbocycles. The van der Waals surface area contributed by atoms with E-state index in [-0.39, 0.29) is 23.1 Å². The van der Waals surface area contributed by atoms with Gasteiger partial charge in [-0.25, -0.2) is 0 Å². The van der Waals surface area contributed by atoms with E-state index in [1.54, 1.807) is 36.0 Å². The van der Waals surface area contributed by atoms with E-state index in [1.165, 1.54) is 34.9 Å². The van der Waals surface area contributed by atoms with Crippen molar-refractivity contribution < 1.29 is 9.59 Å². The summed E-state index contributed by atoms with van der Waals surface area (Å²) >= 11 is 11.6. The summed E-state index contributed by atoms with van der Waals surface area (Å²) in [7, 11) is 0. The second-order valence-corrected chi connectivity index (χ2v) is 11.7. The number of hydrogen-bond acceptors (Lipinski definition) is 8. The summed E-state index contributed by atoms with van der Waals surface area (Å²) in [6.45, 7) is 0. The zero-order valence-electron chi connectivity index (χ0n) is 17.1. The molecule has 0 aliphatic carbocycles. The van der Waals surface area contributed by atoms with E-state index in [0.717, 1.165) is 9.79 Å². The fraction of sp³-hybridized carbons (Fsp3) is 0.0833. The lowest BCUT2D eigenvalue weighted by Crippen LogP contribution is -2.01. The van der Waals surface area contributed by atoms with Crippen molar-refractivity contribution in [1.82, 2.24) is 10.2 Å². The average molecular weight is 529 g/mol. The van der Waals surface area contributed by atoms with Crippen molar-refractivity contribution in [3.8, 4) is 0 Å². The first-order valence-corrected chi connectivity index (χ1v) is 13.8. The number of hydrogen-bond donors (Lipinski definition) is 0. The minimum atomic E-state index is 0.00474. The molecule has 0 bridgehead atoms. The van der Waals surface area contributed by atoms with E-state index in [4.69, 9.17) is 11.6 Å². The maximum absolute atomic E-state index is 12.6. The number of carbonyl (C=O) groups excluding carboxylic acids is 2. The quantitative estimate of drug-likeness (QED) is 0.158. The van der Waals surface area contributed by atoms with Gasteiger partial charge in [0.25, 0.3) is 0 Å². The highest BCUT2D eigenvalue weighted by atomic mass is 35.5. The smallest absolute Gasteiger partial charge is 0.175 e. The standard InChI is InChI=1S/C24H17ClN2O2S4/c25-18-10-6-16(7-11-18)21(28)14-30-23-26-27-24(33-23)31-15-22(29)17-8-12-20(13-9-17)32-19-4-2-1-3-5-19/h1-13H,14-15H2. The molecule has 4 nitrogen and oxygen atoms in total. The van der Waals surface area contributed by atoms with Gasteiger partial charge in [0.1, 0.15) is 0 Å². The number of carbonyl (C=O) groups is 2. The van der Waals surface area contributed by atoms with Crippen molar-refractivity contribution in [3.05, 3.63) is 95.0 Å². The summed E-state index contributed by atoms with van der Waals surface area (Å²) in [5.41, 5.74) is 1.29. The number of thioether (sulfide) groups is 2. The molecule has 166 valence electrons. The van der Waals surface area contributed by atoms with Crippen LogP contribution >= 0.6 is 58.2 Å². The molecule has 4 rings (SSSR count). The number of halogens is 1. The van der Waals surface area contributed by atoms with Gasteiger partial charge in [0.05, 0.1) is 11.5 Å². The third-order valence-electron chi connectivity index (χ3n) is 4.36. The van der Waals surface area contributed by atoms with Crippen LogP contribution in [0.3, 0.4) is 0 Å². The van der Waals surface area contributed by atoms with Crippen LogP contribution in [0.1, 0.15) is 20.7 Å². The number of nitrogens with zero attached hydrogens (tertiary/aromatic N) is 2. The first-order valence-electron chi connectivity index (χ1n) is 9.81. The zero-order chi connectivity index (χ0) is 23.0. The van der Waals surface area contributed by atoms with Crippen LogP contribution in [0.4, 0.5) is 0 Å². The molecule has 1 aromatic heterocycles. The van der Waals surface area contributed by atoms with E-state index in [2.05, 4.69) is 22.3 Å². The molecule has 0 N–H and O–H groups in total. The maximum atomic E-state index is 12.6. The molecule has 0 saturated heterocycles. The Morgan fingerprint density at radius 2 is 1.18 bits per heavy atom. The van der Waals surface area contributed by atoms with Crippen molar-refractivity contribution in [2.24, 2.45) is 0 Å². The minimum Gasteiger partial charge on any atom is -0.293 e. The Labute approximate surface area is 213 Å². The topological polar surface area (TPSA) is 59.9 Å². The maximum Gasteiger partial charge on any atom is 0.175 e. The van der Waals surface area contributed by atoms with Gasteiger partial charge < -0.3 is 0 Å². The second-order valence-electron chi connectivity index (χ2n) is 6.70. The van der Waals surface area contributed by atoms with E-state index in [1.807, 2.05) is 42.5 Å². The number of aromatic nitrogens is 2. The lowest BCUT2D eigenvalue weighted by molar-refractivity contribution is 0.101. The van der Waals surface area contributed by atoms with Crippen LogP contribution in [0.5, 0.6) is 0 Å². The summed E-state index contributed by atoms with van der Waals surface area (Å²) in [4.78, 5) is 27.1. The Hall–Kier alpha value is -2.10. The lowest BCUT2D eigenvalue weighted by Gasteiger charge is -2.03. The number of benzene rings is 3. The Bertz CT molecular complexity index is 1230. The van der Waals surface area contributed by atoms with Crippen LogP contribution in [-0.2, 0) is 0 Å². The van der Waals surface area contributed by atoms with Gasteiger partial charge in [0.2, 0.25) is 0 Å². The van der Waals surface area contributed by atoms with Gasteiger partial charge in [0.15, 0.2) is 20.2 Å². The molecule has 0 spiro atoms. The van der Waals surface area contributed by atoms with Crippen molar-refractivity contribution in [3.63, 3.8) is 0 Å². The van der Waals surface area contributed by atoms with Crippen molar-refractivity contribution >= 4 is 69.8 Å². The predicted octanol–water partition coefficient (Wildman–Crippen LogP) is 7.29. The van der Waals surface area contributed by atoms with Gasteiger partial charge in [-0.1, -0.05) is 88.6 Å². The SMILES string of the molecule is O=C(CSc1nnc(SCC(=O)c2ccc(Sc3ccccc3)cc2)s1)c1ccc(Cl)cc1. The lowest BCUT2D eigenvalue weighted by atomic mass is 10.1. The van der Waals surface area contributed by atoms with Gasteiger partial charge >= 0.3 is 0 Å². The molecule has 0 fully saturated rings. The molecule has 3 aromatic carbocycles. The summed E-state index contributed by atoms with van der Waals surface area (Å²) < 4.78 is 1.41. The van der Waals surface area contributed by atoms with E-state index in [0.29, 0.717) is 24.8 Å². The predicted molar refractivity (Wildman–Crippen MR) is 138 cm³/mol. The molecule has 1 heterocycles. The number of ketones is 2. The van der Waals surface area contributed by atoms with Crippen LogP contribution in [-0.4, -0.2) is 33.3 Å². The third-order valence-corrected chi connectivity index (χ3v) is 8.82. The van der Waals surface area contributed by atoms with Gasteiger partial charge in [-0.3, -0.25) is 9.59 Å². The summed E-state index contributed by atoms with van der Waals surface area (Å²) in [5.74, 6) is 0.602. The zero-order valence-corrected chi connectivity index (χ0v) is 21.2. The normalized spacial score (nSPS) is 10.8. The second kappa shape index (κ2) is 11.9. The number of rotatable bonds is 10. The molecule has 33 heavy (non-hydrogen) atoms. The highest BCUT2D eigenvalue weighted by Gasteiger charge is 2.13. The molecule has 0 unspecified atom stereocenters. The molecule has 0 radical (unpaired) electrons. The highest BCUT2D eigenvalue weighted by molar-refractivity contribution is 8.03. The Morgan fingerprint density at radius 3 is 1.73 bits per heavy atom. The van der Waals surface area contributed by atoms with Crippen LogP contribution < -0.4 is 0 Å². The highest BCUT2D eigenvalue weighted by Crippen LogP contribution is 2.30. The van der Waals surface area contributed by atoms with Gasteiger partial charge in [-0.15, -0.1) is 10.2 Å².